The monoisotopic (exact) mass is 214 g/mol. The van der Waals surface area contributed by atoms with E-state index in [0.717, 1.165) is 38.9 Å². The Morgan fingerprint density at radius 3 is 2.60 bits per heavy atom. The molecule has 1 amide bonds. The Morgan fingerprint density at radius 1 is 1.53 bits per heavy atom. The lowest BCUT2D eigenvalue weighted by molar-refractivity contribution is -0.119. The molecule has 0 radical (unpaired) electrons. The molecule has 88 valence electrons. The third kappa shape index (κ3) is 5.14. The van der Waals surface area contributed by atoms with Crippen molar-refractivity contribution in [3.63, 3.8) is 0 Å². The van der Waals surface area contributed by atoms with Crippen LogP contribution in [0.4, 0.5) is 0 Å². The Hall–Kier alpha value is -0.610. The smallest absolute Gasteiger partial charge is 0.217 e. The predicted molar refractivity (Wildman–Crippen MR) is 59.6 cm³/mol. The molecule has 0 aliphatic carbocycles. The van der Waals surface area contributed by atoms with Crippen molar-refractivity contribution in [1.82, 2.24) is 10.2 Å². The van der Waals surface area contributed by atoms with E-state index in [0.29, 0.717) is 6.04 Å². The van der Waals surface area contributed by atoms with Crippen molar-refractivity contribution in [1.29, 1.82) is 0 Å². The van der Waals surface area contributed by atoms with Gasteiger partial charge >= 0.3 is 0 Å². The van der Waals surface area contributed by atoms with Crippen LogP contribution in [0.1, 0.15) is 33.1 Å². The van der Waals surface area contributed by atoms with E-state index in [1.165, 1.54) is 0 Å². The van der Waals surface area contributed by atoms with Gasteiger partial charge < -0.3 is 15.3 Å². The van der Waals surface area contributed by atoms with Crippen LogP contribution in [0.3, 0.4) is 0 Å². The summed E-state index contributed by atoms with van der Waals surface area (Å²) in [6.07, 6.45) is 2.68. The van der Waals surface area contributed by atoms with Crippen molar-refractivity contribution >= 4 is 5.91 Å². The van der Waals surface area contributed by atoms with Crippen molar-refractivity contribution in [3.8, 4) is 0 Å². The van der Waals surface area contributed by atoms with Crippen LogP contribution in [-0.2, 0) is 4.79 Å². The number of amides is 1. The predicted octanol–water partition coefficient (Wildman–Crippen LogP) is 0.358. The maximum atomic E-state index is 10.9. The van der Waals surface area contributed by atoms with Gasteiger partial charge in [-0.1, -0.05) is 0 Å². The zero-order valence-electron chi connectivity index (χ0n) is 9.70. The first kappa shape index (κ1) is 12.5. The second-order valence-electron chi connectivity index (χ2n) is 4.45. The fourth-order valence-corrected chi connectivity index (χ4v) is 1.96. The van der Waals surface area contributed by atoms with E-state index in [2.05, 4.69) is 10.2 Å². The van der Waals surface area contributed by atoms with Crippen LogP contribution >= 0.6 is 0 Å². The van der Waals surface area contributed by atoms with E-state index in [-0.39, 0.29) is 12.0 Å². The molecule has 1 fully saturated rings. The Kier molecular flexibility index (Phi) is 5.05. The van der Waals surface area contributed by atoms with Crippen LogP contribution in [0.25, 0.3) is 0 Å². The normalized spacial score (nSPS) is 21.3. The Bertz CT molecular complexity index is 199. The molecule has 1 atom stereocenters. The molecule has 1 aliphatic rings. The molecule has 0 aromatic carbocycles. The number of aliphatic hydroxyl groups excluding tert-OH is 1. The van der Waals surface area contributed by atoms with Gasteiger partial charge in [0.1, 0.15) is 0 Å². The molecular formula is C11H22N2O2. The molecule has 1 aliphatic heterocycles. The van der Waals surface area contributed by atoms with Gasteiger partial charge in [0.05, 0.1) is 6.10 Å². The molecule has 0 spiro atoms. The van der Waals surface area contributed by atoms with E-state index in [9.17, 15) is 9.90 Å². The molecule has 0 bridgehead atoms. The highest BCUT2D eigenvalue weighted by Gasteiger charge is 2.19. The molecule has 15 heavy (non-hydrogen) atoms. The number of piperidine rings is 1. The summed E-state index contributed by atoms with van der Waals surface area (Å²) in [6, 6.07) is 0.352. The van der Waals surface area contributed by atoms with E-state index < -0.39 is 0 Å². The number of likely N-dealkylation sites (tertiary alicyclic amines) is 1. The van der Waals surface area contributed by atoms with E-state index in [1.807, 2.05) is 6.92 Å². The van der Waals surface area contributed by atoms with E-state index >= 15 is 0 Å². The van der Waals surface area contributed by atoms with Crippen molar-refractivity contribution in [2.24, 2.45) is 0 Å². The van der Waals surface area contributed by atoms with Crippen LogP contribution in [0, 0.1) is 0 Å². The summed E-state index contributed by atoms with van der Waals surface area (Å²) in [5.74, 6) is 0.0671. The average molecular weight is 214 g/mol. The van der Waals surface area contributed by atoms with Crippen molar-refractivity contribution in [3.05, 3.63) is 0 Å². The van der Waals surface area contributed by atoms with Crippen molar-refractivity contribution in [2.45, 2.75) is 45.3 Å². The molecule has 1 unspecified atom stereocenters. The topological polar surface area (TPSA) is 52.6 Å². The van der Waals surface area contributed by atoms with Gasteiger partial charge in [-0.15, -0.1) is 0 Å². The second kappa shape index (κ2) is 6.08. The van der Waals surface area contributed by atoms with Crippen molar-refractivity contribution < 1.29 is 9.90 Å². The fraction of sp³-hybridized carbons (Fsp3) is 0.909. The van der Waals surface area contributed by atoms with E-state index in [1.54, 1.807) is 6.92 Å². The summed E-state index contributed by atoms with van der Waals surface area (Å²) in [5, 5.41) is 12.1. The highest BCUT2D eigenvalue weighted by atomic mass is 16.3. The number of nitrogens with zero attached hydrogens (tertiary/aromatic N) is 1. The standard InChI is InChI=1S/C11H22N2O2/c1-9(14)3-6-13-7-4-11(5-8-13)12-10(2)15/h9,11,14H,3-8H2,1-2H3,(H,12,15). The minimum Gasteiger partial charge on any atom is -0.393 e. The zero-order chi connectivity index (χ0) is 11.3. The quantitative estimate of drug-likeness (QED) is 0.710. The summed E-state index contributed by atoms with van der Waals surface area (Å²) in [4.78, 5) is 13.2. The van der Waals surface area contributed by atoms with Gasteiger partial charge in [-0.2, -0.15) is 0 Å². The minimum atomic E-state index is -0.210. The van der Waals surface area contributed by atoms with Crippen LogP contribution in [-0.4, -0.2) is 47.7 Å². The van der Waals surface area contributed by atoms with Crippen molar-refractivity contribution in [2.75, 3.05) is 19.6 Å². The van der Waals surface area contributed by atoms with Gasteiger partial charge in [-0.25, -0.2) is 0 Å². The van der Waals surface area contributed by atoms with Crippen LogP contribution in [0.2, 0.25) is 0 Å². The molecule has 4 nitrogen and oxygen atoms in total. The maximum absolute atomic E-state index is 10.9. The summed E-state index contributed by atoms with van der Waals surface area (Å²) in [7, 11) is 0. The lowest BCUT2D eigenvalue weighted by Gasteiger charge is -2.32. The molecule has 1 saturated heterocycles. The highest BCUT2D eigenvalue weighted by Crippen LogP contribution is 2.10. The van der Waals surface area contributed by atoms with Gasteiger partial charge in [-0.05, 0) is 26.2 Å². The highest BCUT2D eigenvalue weighted by molar-refractivity contribution is 5.73. The van der Waals surface area contributed by atoms with Gasteiger partial charge in [0.15, 0.2) is 0 Å². The molecule has 1 rings (SSSR count). The SMILES string of the molecule is CC(=O)NC1CCN(CCC(C)O)CC1. The van der Waals surface area contributed by atoms with Gasteiger partial charge in [0, 0.05) is 32.6 Å². The Labute approximate surface area is 91.6 Å². The number of hydrogen-bond donors (Lipinski definition) is 2. The minimum absolute atomic E-state index is 0.0671. The number of aliphatic hydroxyl groups is 1. The van der Waals surface area contributed by atoms with Gasteiger partial charge in [0.2, 0.25) is 5.91 Å². The second-order valence-corrected chi connectivity index (χ2v) is 4.45. The Balaban J connectivity index is 2.15. The molecule has 4 heteroatoms. The zero-order valence-corrected chi connectivity index (χ0v) is 9.70. The third-order valence-electron chi connectivity index (χ3n) is 2.86. The van der Waals surface area contributed by atoms with Crippen LogP contribution in [0.5, 0.6) is 0 Å². The molecule has 0 aromatic heterocycles. The molecule has 0 aromatic rings. The third-order valence-corrected chi connectivity index (χ3v) is 2.86. The Morgan fingerprint density at radius 2 is 2.13 bits per heavy atom. The van der Waals surface area contributed by atoms with Crippen LogP contribution < -0.4 is 5.32 Å². The number of carbonyl (C=O) groups excluding carboxylic acids is 1. The molecule has 0 saturated carbocycles. The van der Waals surface area contributed by atoms with Gasteiger partial charge in [0.25, 0.3) is 0 Å². The lowest BCUT2D eigenvalue weighted by Crippen LogP contribution is -2.44. The first-order valence-corrected chi connectivity index (χ1v) is 5.75. The van der Waals surface area contributed by atoms with Gasteiger partial charge in [-0.3, -0.25) is 4.79 Å². The molecule has 2 N–H and O–H groups in total. The summed E-state index contributed by atoms with van der Waals surface area (Å²) in [6.45, 7) is 6.41. The molecular weight excluding hydrogens is 192 g/mol. The summed E-state index contributed by atoms with van der Waals surface area (Å²) >= 11 is 0. The molecule has 1 heterocycles. The number of nitrogens with one attached hydrogen (secondary N) is 1. The van der Waals surface area contributed by atoms with E-state index in [4.69, 9.17) is 0 Å². The first-order valence-electron chi connectivity index (χ1n) is 5.75. The number of hydrogen-bond acceptors (Lipinski definition) is 3. The largest absolute Gasteiger partial charge is 0.393 e. The first-order chi connectivity index (χ1) is 7.08. The van der Waals surface area contributed by atoms with Crippen LogP contribution in [0.15, 0.2) is 0 Å². The summed E-state index contributed by atoms with van der Waals surface area (Å²) < 4.78 is 0. The maximum Gasteiger partial charge on any atom is 0.217 e. The average Bonchev–Trinajstić information content (AvgIpc) is 2.16. The number of carbonyl (C=O) groups is 1. The fourth-order valence-electron chi connectivity index (χ4n) is 1.96. The summed E-state index contributed by atoms with van der Waals surface area (Å²) in [5.41, 5.74) is 0. The lowest BCUT2D eigenvalue weighted by atomic mass is 10.0. The number of rotatable bonds is 4.